The van der Waals surface area contributed by atoms with Crippen LogP contribution < -0.4 is 5.32 Å². The molecule has 1 aromatic carbocycles. The van der Waals surface area contributed by atoms with E-state index in [1.807, 2.05) is 32.0 Å². The monoisotopic (exact) mass is 377 g/mol. The van der Waals surface area contributed by atoms with Crippen molar-refractivity contribution in [1.29, 1.82) is 0 Å². The molecule has 1 atom stereocenters. The minimum Gasteiger partial charge on any atom is -0.360 e. The van der Waals surface area contributed by atoms with Crippen LogP contribution in [0, 0.1) is 27.7 Å². The average Bonchev–Trinajstić information content (AvgIpc) is 3.17. The van der Waals surface area contributed by atoms with Crippen LogP contribution in [0.5, 0.6) is 0 Å². The number of hydrogen-bond acceptors (Lipinski definition) is 5. The number of hydrogen-bond donors (Lipinski definition) is 1. The Kier molecular flexibility index (Phi) is 4.90. The first kappa shape index (κ1) is 18.6. The molecule has 0 saturated carbocycles. The molecular formula is C18H23N3O4S. The van der Waals surface area contributed by atoms with Gasteiger partial charge in [0, 0.05) is 12.2 Å². The molecule has 1 aliphatic rings. The van der Waals surface area contributed by atoms with Gasteiger partial charge >= 0.3 is 0 Å². The lowest BCUT2D eigenvalue weighted by molar-refractivity contribution is -0.119. The van der Waals surface area contributed by atoms with E-state index >= 15 is 0 Å². The number of aromatic nitrogens is 1. The zero-order chi connectivity index (χ0) is 19.1. The molecule has 0 aliphatic carbocycles. The van der Waals surface area contributed by atoms with Gasteiger partial charge in [0.25, 0.3) is 0 Å². The van der Waals surface area contributed by atoms with Gasteiger partial charge in [-0.1, -0.05) is 22.9 Å². The zero-order valence-corrected chi connectivity index (χ0v) is 16.2. The van der Waals surface area contributed by atoms with E-state index in [-0.39, 0.29) is 16.6 Å². The van der Waals surface area contributed by atoms with E-state index in [9.17, 15) is 13.2 Å². The fourth-order valence-corrected chi connectivity index (χ4v) is 5.37. The number of nitrogens with zero attached hydrogens (tertiary/aromatic N) is 2. The molecule has 0 radical (unpaired) electrons. The maximum absolute atomic E-state index is 13.1. The van der Waals surface area contributed by atoms with Gasteiger partial charge in [-0.15, -0.1) is 0 Å². The van der Waals surface area contributed by atoms with Gasteiger partial charge < -0.3 is 9.84 Å². The first-order valence-corrected chi connectivity index (χ1v) is 9.98. The van der Waals surface area contributed by atoms with Gasteiger partial charge in [-0.05, 0) is 52.2 Å². The van der Waals surface area contributed by atoms with Crippen molar-refractivity contribution in [2.24, 2.45) is 0 Å². The summed E-state index contributed by atoms with van der Waals surface area (Å²) in [6, 6.07) is 4.98. The first-order valence-electron chi connectivity index (χ1n) is 8.54. The second-order valence-corrected chi connectivity index (χ2v) is 8.56. The van der Waals surface area contributed by atoms with Crippen LogP contribution in [0.2, 0.25) is 0 Å². The normalized spacial score (nSPS) is 18.2. The summed E-state index contributed by atoms with van der Waals surface area (Å²) < 4.78 is 32.4. The zero-order valence-electron chi connectivity index (χ0n) is 15.4. The standard InChI is InChI=1S/C18H23N3O4S/c1-11-7-8-15(12(2)10-11)19-18(22)16-6-5-9-21(16)26(23,24)17-13(3)20-25-14(17)4/h7-8,10,16H,5-6,9H2,1-4H3,(H,19,22). The van der Waals surface area contributed by atoms with Crippen molar-refractivity contribution in [3.05, 3.63) is 40.8 Å². The molecule has 140 valence electrons. The van der Waals surface area contributed by atoms with E-state index in [1.165, 1.54) is 4.31 Å². The minimum atomic E-state index is -3.84. The van der Waals surface area contributed by atoms with E-state index < -0.39 is 16.1 Å². The van der Waals surface area contributed by atoms with Crippen LogP contribution >= 0.6 is 0 Å². The minimum absolute atomic E-state index is 0.0590. The molecule has 0 spiro atoms. The SMILES string of the molecule is Cc1ccc(NC(=O)C2CCCN2S(=O)(=O)c2c(C)noc2C)c(C)c1. The van der Waals surface area contributed by atoms with E-state index in [4.69, 9.17) is 4.52 Å². The van der Waals surface area contributed by atoms with Crippen LogP contribution in [0.4, 0.5) is 5.69 Å². The number of carbonyl (C=O) groups excluding carboxylic acids is 1. The van der Waals surface area contributed by atoms with E-state index in [0.29, 0.717) is 30.8 Å². The Hall–Kier alpha value is -2.19. The number of rotatable bonds is 4. The summed E-state index contributed by atoms with van der Waals surface area (Å²) in [7, 11) is -3.84. The summed E-state index contributed by atoms with van der Waals surface area (Å²) in [4.78, 5) is 12.9. The Bertz CT molecular complexity index is 930. The van der Waals surface area contributed by atoms with Crippen LogP contribution in [0.15, 0.2) is 27.6 Å². The van der Waals surface area contributed by atoms with Crippen molar-refractivity contribution < 1.29 is 17.7 Å². The molecule has 2 aromatic rings. The third kappa shape index (κ3) is 3.26. The summed E-state index contributed by atoms with van der Waals surface area (Å²) in [6.07, 6.45) is 1.12. The third-order valence-corrected chi connectivity index (χ3v) is 6.83. The van der Waals surface area contributed by atoms with Crippen molar-refractivity contribution in [3.8, 4) is 0 Å². The second kappa shape index (κ2) is 6.85. The van der Waals surface area contributed by atoms with Crippen molar-refractivity contribution in [1.82, 2.24) is 9.46 Å². The van der Waals surface area contributed by atoms with Gasteiger partial charge in [-0.25, -0.2) is 8.42 Å². The summed E-state index contributed by atoms with van der Waals surface area (Å²) in [5.74, 6) is -0.0762. The highest BCUT2D eigenvalue weighted by Gasteiger charge is 2.41. The van der Waals surface area contributed by atoms with Crippen LogP contribution in [0.25, 0.3) is 0 Å². The van der Waals surface area contributed by atoms with Crippen molar-refractivity contribution in [2.45, 2.75) is 51.5 Å². The lowest BCUT2D eigenvalue weighted by atomic mass is 10.1. The summed E-state index contributed by atoms with van der Waals surface area (Å²) in [6.45, 7) is 7.35. The molecule has 1 unspecified atom stereocenters. The van der Waals surface area contributed by atoms with E-state index in [0.717, 1.165) is 11.1 Å². The molecule has 1 amide bonds. The number of carbonyl (C=O) groups is 1. The van der Waals surface area contributed by atoms with Gasteiger partial charge in [-0.3, -0.25) is 4.79 Å². The Balaban J connectivity index is 1.87. The first-order chi connectivity index (χ1) is 12.2. The maximum atomic E-state index is 13.1. The number of aryl methyl sites for hydroxylation is 4. The fraction of sp³-hybridized carbons (Fsp3) is 0.444. The smallest absolute Gasteiger partial charge is 0.249 e. The second-order valence-electron chi connectivity index (χ2n) is 6.73. The van der Waals surface area contributed by atoms with E-state index in [2.05, 4.69) is 10.5 Å². The molecule has 2 heterocycles. The van der Waals surface area contributed by atoms with Crippen LogP contribution in [0.3, 0.4) is 0 Å². The lowest BCUT2D eigenvalue weighted by Gasteiger charge is -2.23. The third-order valence-electron chi connectivity index (χ3n) is 4.68. The Morgan fingerprint density at radius 2 is 2.00 bits per heavy atom. The molecule has 1 saturated heterocycles. The van der Waals surface area contributed by atoms with Crippen LogP contribution in [-0.4, -0.2) is 36.4 Å². The lowest BCUT2D eigenvalue weighted by Crippen LogP contribution is -2.43. The predicted molar refractivity (Wildman–Crippen MR) is 97.4 cm³/mol. The van der Waals surface area contributed by atoms with Crippen molar-refractivity contribution >= 4 is 21.6 Å². The molecule has 8 heteroatoms. The highest BCUT2D eigenvalue weighted by molar-refractivity contribution is 7.89. The Morgan fingerprint density at radius 1 is 1.27 bits per heavy atom. The average molecular weight is 377 g/mol. The van der Waals surface area contributed by atoms with Gasteiger partial charge in [0.2, 0.25) is 15.9 Å². The van der Waals surface area contributed by atoms with Gasteiger partial charge in [0.05, 0.1) is 0 Å². The highest BCUT2D eigenvalue weighted by atomic mass is 32.2. The molecule has 1 aromatic heterocycles. The number of anilines is 1. The molecule has 1 N–H and O–H groups in total. The van der Waals surface area contributed by atoms with E-state index in [1.54, 1.807) is 13.8 Å². The summed E-state index contributed by atoms with van der Waals surface area (Å²) in [5.41, 5.74) is 3.05. The largest absolute Gasteiger partial charge is 0.360 e. The number of amides is 1. The van der Waals surface area contributed by atoms with Gasteiger partial charge in [-0.2, -0.15) is 4.31 Å². The molecule has 1 fully saturated rings. The number of sulfonamides is 1. The Labute approximate surface area is 153 Å². The number of nitrogens with one attached hydrogen (secondary N) is 1. The molecular weight excluding hydrogens is 354 g/mol. The molecule has 26 heavy (non-hydrogen) atoms. The maximum Gasteiger partial charge on any atom is 0.249 e. The molecule has 7 nitrogen and oxygen atoms in total. The van der Waals surface area contributed by atoms with Gasteiger partial charge in [0.15, 0.2) is 5.76 Å². The van der Waals surface area contributed by atoms with Crippen LogP contribution in [-0.2, 0) is 14.8 Å². The molecule has 1 aliphatic heterocycles. The quantitative estimate of drug-likeness (QED) is 0.884. The number of benzene rings is 1. The van der Waals surface area contributed by atoms with Crippen LogP contribution in [0.1, 0.15) is 35.4 Å². The fourth-order valence-electron chi connectivity index (χ4n) is 3.42. The Morgan fingerprint density at radius 3 is 2.62 bits per heavy atom. The van der Waals surface area contributed by atoms with Crippen molar-refractivity contribution in [2.75, 3.05) is 11.9 Å². The van der Waals surface area contributed by atoms with Gasteiger partial charge in [0.1, 0.15) is 16.6 Å². The molecule has 3 rings (SSSR count). The van der Waals surface area contributed by atoms with Crippen molar-refractivity contribution in [3.63, 3.8) is 0 Å². The summed E-state index contributed by atoms with van der Waals surface area (Å²) >= 11 is 0. The summed E-state index contributed by atoms with van der Waals surface area (Å²) in [5, 5.41) is 6.60. The topological polar surface area (TPSA) is 92.5 Å². The highest BCUT2D eigenvalue weighted by Crippen LogP contribution is 2.30. The molecule has 0 bridgehead atoms. The predicted octanol–water partition coefficient (Wildman–Crippen LogP) is 2.70.